The Labute approximate surface area is 126 Å². The van der Waals surface area contributed by atoms with Crippen molar-refractivity contribution in [2.45, 2.75) is 19.8 Å². The van der Waals surface area contributed by atoms with E-state index in [1.165, 1.54) is 17.7 Å². The fourth-order valence-corrected chi connectivity index (χ4v) is 2.29. The summed E-state index contributed by atoms with van der Waals surface area (Å²) in [5.41, 5.74) is 2.79. The van der Waals surface area contributed by atoms with Gasteiger partial charge < -0.3 is 5.32 Å². The zero-order valence-electron chi connectivity index (χ0n) is 11.1. The van der Waals surface area contributed by atoms with Gasteiger partial charge in [-0.05, 0) is 58.6 Å². The van der Waals surface area contributed by atoms with E-state index in [9.17, 15) is 9.18 Å². The molecule has 0 heterocycles. The van der Waals surface area contributed by atoms with Crippen molar-refractivity contribution in [3.05, 3.63) is 63.9 Å². The van der Waals surface area contributed by atoms with Crippen LogP contribution in [-0.2, 0) is 11.2 Å². The highest BCUT2D eigenvalue weighted by molar-refractivity contribution is 9.10. The van der Waals surface area contributed by atoms with Crippen LogP contribution in [0, 0.1) is 12.7 Å². The summed E-state index contributed by atoms with van der Waals surface area (Å²) in [5, 5.41) is 2.71. The van der Waals surface area contributed by atoms with Crippen LogP contribution in [0.5, 0.6) is 0 Å². The largest absolute Gasteiger partial charge is 0.325 e. The number of halogens is 2. The molecule has 0 fully saturated rings. The number of benzene rings is 2. The van der Waals surface area contributed by atoms with E-state index < -0.39 is 0 Å². The Balaban J connectivity index is 1.96. The lowest BCUT2D eigenvalue weighted by molar-refractivity contribution is -0.116. The van der Waals surface area contributed by atoms with Crippen LogP contribution in [0.4, 0.5) is 10.1 Å². The minimum absolute atomic E-state index is 0.125. The summed E-state index contributed by atoms with van der Waals surface area (Å²) < 4.78 is 13.8. The lowest BCUT2D eigenvalue weighted by Gasteiger charge is -2.08. The van der Waals surface area contributed by atoms with Crippen LogP contribution in [0.2, 0.25) is 0 Å². The zero-order chi connectivity index (χ0) is 14.5. The first kappa shape index (κ1) is 14.7. The molecule has 0 aliphatic carbocycles. The second kappa shape index (κ2) is 6.66. The molecule has 0 saturated heterocycles. The van der Waals surface area contributed by atoms with Gasteiger partial charge in [0, 0.05) is 10.9 Å². The maximum absolute atomic E-state index is 13.1. The van der Waals surface area contributed by atoms with Gasteiger partial charge >= 0.3 is 0 Å². The average Bonchev–Trinajstić information content (AvgIpc) is 2.42. The molecule has 0 aromatic heterocycles. The Morgan fingerprint density at radius 1 is 1.25 bits per heavy atom. The van der Waals surface area contributed by atoms with Crippen molar-refractivity contribution in [1.29, 1.82) is 0 Å². The molecule has 20 heavy (non-hydrogen) atoms. The highest BCUT2D eigenvalue weighted by Gasteiger charge is 2.08. The number of nitrogens with one attached hydrogen (secondary N) is 1. The van der Waals surface area contributed by atoms with Gasteiger partial charge in [0.25, 0.3) is 0 Å². The minimum Gasteiger partial charge on any atom is -0.325 e. The molecule has 1 amide bonds. The molecule has 0 aliphatic heterocycles. The number of hydrogen-bond donors (Lipinski definition) is 1. The molecular formula is C16H15BrFNO. The fraction of sp³-hybridized carbons (Fsp3) is 0.188. The Morgan fingerprint density at radius 3 is 2.75 bits per heavy atom. The van der Waals surface area contributed by atoms with E-state index in [0.29, 0.717) is 23.0 Å². The van der Waals surface area contributed by atoms with E-state index in [-0.39, 0.29) is 11.7 Å². The molecule has 2 aromatic rings. The maximum atomic E-state index is 13.1. The second-order valence-electron chi connectivity index (χ2n) is 4.60. The normalized spacial score (nSPS) is 10.3. The van der Waals surface area contributed by atoms with E-state index in [0.717, 1.165) is 5.56 Å². The summed E-state index contributed by atoms with van der Waals surface area (Å²) in [5.74, 6) is -0.498. The molecular weight excluding hydrogens is 321 g/mol. The van der Waals surface area contributed by atoms with Gasteiger partial charge in [0.1, 0.15) is 5.82 Å². The van der Waals surface area contributed by atoms with E-state index in [4.69, 9.17) is 0 Å². The monoisotopic (exact) mass is 335 g/mol. The van der Waals surface area contributed by atoms with Crippen molar-refractivity contribution in [1.82, 2.24) is 0 Å². The minimum atomic E-state index is -0.373. The molecule has 0 unspecified atom stereocenters. The highest BCUT2D eigenvalue weighted by atomic mass is 79.9. The summed E-state index contributed by atoms with van der Waals surface area (Å²) in [6, 6.07) is 12.2. The molecule has 104 valence electrons. The van der Waals surface area contributed by atoms with Gasteiger partial charge in [0.2, 0.25) is 5.91 Å². The third kappa shape index (κ3) is 3.90. The average molecular weight is 336 g/mol. The van der Waals surface area contributed by atoms with Crippen LogP contribution in [0.15, 0.2) is 46.9 Å². The number of rotatable bonds is 4. The van der Waals surface area contributed by atoms with Crippen molar-refractivity contribution in [2.24, 2.45) is 0 Å². The van der Waals surface area contributed by atoms with Crippen LogP contribution < -0.4 is 5.32 Å². The first-order valence-corrected chi connectivity index (χ1v) is 7.15. The maximum Gasteiger partial charge on any atom is 0.224 e. The van der Waals surface area contributed by atoms with Gasteiger partial charge in [-0.1, -0.05) is 24.3 Å². The van der Waals surface area contributed by atoms with Crippen molar-refractivity contribution in [3.8, 4) is 0 Å². The van der Waals surface area contributed by atoms with Crippen LogP contribution in [0.25, 0.3) is 0 Å². The van der Waals surface area contributed by atoms with Gasteiger partial charge in [-0.2, -0.15) is 0 Å². The Hall–Kier alpha value is -1.68. The summed E-state index contributed by atoms with van der Waals surface area (Å²) in [6.45, 7) is 2.02. The van der Waals surface area contributed by atoms with Crippen molar-refractivity contribution >= 4 is 27.5 Å². The van der Waals surface area contributed by atoms with Crippen molar-refractivity contribution in [2.75, 3.05) is 5.32 Å². The standard InChI is InChI=1S/C16H15BrFNO/c1-11-4-2-3-5-12(11)6-9-16(20)19-15-10-13(18)7-8-14(15)17/h2-5,7-8,10H,6,9H2,1H3,(H,19,20). The predicted molar refractivity (Wildman–Crippen MR) is 82.2 cm³/mol. The molecule has 4 heteroatoms. The number of aryl methyl sites for hydroxylation is 2. The van der Waals surface area contributed by atoms with Crippen LogP contribution >= 0.6 is 15.9 Å². The molecule has 0 saturated carbocycles. The molecule has 1 N–H and O–H groups in total. The van der Waals surface area contributed by atoms with Gasteiger partial charge in [0.05, 0.1) is 5.69 Å². The van der Waals surface area contributed by atoms with E-state index in [1.807, 2.05) is 31.2 Å². The fourth-order valence-electron chi connectivity index (χ4n) is 1.94. The smallest absolute Gasteiger partial charge is 0.224 e. The number of carbonyl (C=O) groups excluding carboxylic acids is 1. The zero-order valence-corrected chi connectivity index (χ0v) is 12.7. The third-order valence-electron chi connectivity index (χ3n) is 3.09. The SMILES string of the molecule is Cc1ccccc1CCC(=O)Nc1cc(F)ccc1Br. The number of hydrogen-bond acceptors (Lipinski definition) is 1. The second-order valence-corrected chi connectivity index (χ2v) is 5.45. The lowest BCUT2D eigenvalue weighted by atomic mass is 10.0. The predicted octanol–water partition coefficient (Wildman–Crippen LogP) is 4.47. The van der Waals surface area contributed by atoms with Gasteiger partial charge in [-0.3, -0.25) is 4.79 Å². The Bertz CT molecular complexity index is 628. The summed E-state index contributed by atoms with van der Waals surface area (Å²) in [6.07, 6.45) is 1.04. The number of amides is 1. The van der Waals surface area contributed by atoms with E-state index >= 15 is 0 Å². The van der Waals surface area contributed by atoms with Gasteiger partial charge in [-0.25, -0.2) is 4.39 Å². The Morgan fingerprint density at radius 2 is 2.00 bits per heavy atom. The van der Waals surface area contributed by atoms with Crippen LogP contribution in [0.3, 0.4) is 0 Å². The molecule has 0 radical (unpaired) electrons. The summed E-state index contributed by atoms with van der Waals surface area (Å²) in [7, 11) is 0. The lowest BCUT2D eigenvalue weighted by Crippen LogP contribution is -2.13. The van der Waals surface area contributed by atoms with Gasteiger partial charge in [-0.15, -0.1) is 0 Å². The van der Waals surface area contributed by atoms with E-state index in [2.05, 4.69) is 21.2 Å². The molecule has 0 aliphatic rings. The first-order valence-electron chi connectivity index (χ1n) is 6.35. The third-order valence-corrected chi connectivity index (χ3v) is 3.78. The number of carbonyl (C=O) groups is 1. The molecule has 0 atom stereocenters. The van der Waals surface area contributed by atoms with Crippen LogP contribution in [0.1, 0.15) is 17.5 Å². The highest BCUT2D eigenvalue weighted by Crippen LogP contribution is 2.23. The van der Waals surface area contributed by atoms with Crippen molar-refractivity contribution < 1.29 is 9.18 Å². The molecule has 0 spiro atoms. The van der Waals surface area contributed by atoms with Crippen molar-refractivity contribution in [3.63, 3.8) is 0 Å². The number of anilines is 1. The molecule has 0 bridgehead atoms. The van der Waals surface area contributed by atoms with Gasteiger partial charge in [0.15, 0.2) is 0 Å². The molecule has 2 nitrogen and oxygen atoms in total. The summed E-state index contributed by atoms with van der Waals surface area (Å²) in [4.78, 5) is 11.9. The van der Waals surface area contributed by atoms with Crippen LogP contribution in [-0.4, -0.2) is 5.91 Å². The molecule has 2 aromatic carbocycles. The summed E-state index contributed by atoms with van der Waals surface area (Å²) >= 11 is 3.29. The van der Waals surface area contributed by atoms with E-state index in [1.54, 1.807) is 6.07 Å². The topological polar surface area (TPSA) is 29.1 Å². The first-order chi connectivity index (χ1) is 9.56. The Kier molecular flexibility index (Phi) is 4.90. The quantitative estimate of drug-likeness (QED) is 0.877. The molecule has 2 rings (SSSR count).